The lowest BCUT2D eigenvalue weighted by molar-refractivity contribution is -0.139. The summed E-state index contributed by atoms with van der Waals surface area (Å²) in [4.78, 5) is 33.8. The molecule has 4 nitrogen and oxygen atoms in total. The molecule has 0 spiro atoms. The number of hydrogen-bond acceptors (Lipinski definition) is 5. The van der Waals surface area contributed by atoms with Crippen LogP contribution in [0.15, 0.2) is 11.6 Å². The number of esters is 1. The number of allylic oxidation sites excluding steroid dienone is 1. The van der Waals surface area contributed by atoms with Crippen LogP contribution in [0.2, 0.25) is 0 Å². The fourth-order valence-corrected chi connectivity index (χ4v) is 2.42. The molecule has 1 aliphatic rings. The first kappa shape index (κ1) is 13.0. The van der Waals surface area contributed by atoms with Gasteiger partial charge in [-0.15, -0.1) is 0 Å². The molecular weight excluding hydrogens is 228 g/mol. The van der Waals surface area contributed by atoms with Gasteiger partial charge in [0.15, 0.2) is 10.9 Å². The minimum Gasteiger partial charge on any atom is -0.463 e. The van der Waals surface area contributed by atoms with Gasteiger partial charge in [-0.3, -0.25) is 9.59 Å². The van der Waals surface area contributed by atoms with Crippen molar-refractivity contribution in [2.45, 2.75) is 31.9 Å². The summed E-state index contributed by atoms with van der Waals surface area (Å²) < 4.78 is 4.86. The van der Waals surface area contributed by atoms with E-state index in [4.69, 9.17) is 4.74 Å². The summed E-state index contributed by atoms with van der Waals surface area (Å²) in [6, 6.07) is 0. The summed E-state index contributed by atoms with van der Waals surface area (Å²) in [5.41, 5.74) is 0.318. The third-order valence-electron chi connectivity index (χ3n) is 2.14. The Bertz CT molecular complexity index is 346. The second-order valence-electron chi connectivity index (χ2n) is 3.42. The lowest BCUT2D eigenvalue weighted by atomic mass is 9.98. The van der Waals surface area contributed by atoms with E-state index in [1.54, 1.807) is 6.92 Å². The van der Waals surface area contributed by atoms with Crippen molar-refractivity contribution in [3.8, 4) is 0 Å². The molecule has 0 bridgehead atoms. The fourth-order valence-electron chi connectivity index (χ4n) is 1.49. The molecule has 1 atom stereocenters. The Labute approximate surface area is 98.4 Å². The number of hydrogen-bond donors (Lipinski definition) is 0. The van der Waals surface area contributed by atoms with Crippen molar-refractivity contribution < 1.29 is 19.1 Å². The van der Waals surface area contributed by atoms with Crippen LogP contribution in [0, 0.1) is 0 Å². The average Bonchev–Trinajstić information content (AvgIpc) is 2.20. The van der Waals surface area contributed by atoms with Crippen LogP contribution in [0.5, 0.6) is 0 Å². The molecule has 1 aliphatic carbocycles. The second-order valence-corrected chi connectivity index (χ2v) is 4.80. The van der Waals surface area contributed by atoms with E-state index < -0.39 is 5.97 Å². The molecule has 88 valence electrons. The first-order valence-corrected chi connectivity index (χ1v) is 6.01. The number of ether oxygens (including phenoxy) is 1. The third kappa shape index (κ3) is 3.48. The van der Waals surface area contributed by atoms with Crippen LogP contribution in [0.4, 0.5) is 0 Å². The third-order valence-corrected chi connectivity index (χ3v) is 3.24. The lowest BCUT2D eigenvalue weighted by Gasteiger charge is -2.20. The molecule has 0 saturated heterocycles. The Morgan fingerprint density at radius 3 is 2.81 bits per heavy atom. The van der Waals surface area contributed by atoms with E-state index in [2.05, 4.69) is 0 Å². The highest BCUT2D eigenvalue weighted by Crippen LogP contribution is 2.29. The molecule has 0 aromatic rings. The zero-order valence-corrected chi connectivity index (χ0v) is 10.1. The van der Waals surface area contributed by atoms with Crippen LogP contribution in [-0.2, 0) is 19.1 Å². The van der Waals surface area contributed by atoms with Gasteiger partial charge >= 0.3 is 5.97 Å². The monoisotopic (exact) mass is 242 g/mol. The van der Waals surface area contributed by atoms with Crippen molar-refractivity contribution in [2.75, 3.05) is 6.61 Å². The SMILES string of the molecule is CCOC(=O)C1=CC(=O)CCC1SC(C)=O. The van der Waals surface area contributed by atoms with Crippen molar-refractivity contribution in [1.82, 2.24) is 0 Å². The Morgan fingerprint density at radius 2 is 2.25 bits per heavy atom. The van der Waals surface area contributed by atoms with E-state index in [-0.39, 0.29) is 22.8 Å². The van der Waals surface area contributed by atoms with E-state index >= 15 is 0 Å². The topological polar surface area (TPSA) is 60.4 Å². The van der Waals surface area contributed by atoms with Crippen molar-refractivity contribution in [2.24, 2.45) is 0 Å². The van der Waals surface area contributed by atoms with E-state index in [9.17, 15) is 14.4 Å². The normalized spacial score (nSPS) is 20.2. The van der Waals surface area contributed by atoms with E-state index in [0.29, 0.717) is 18.4 Å². The number of thioether (sulfide) groups is 1. The van der Waals surface area contributed by atoms with Crippen LogP contribution in [0.1, 0.15) is 26.7 Å². The predicted molar refractivity (Wildman–Crippen MR) is 61.0 cm³/mol. The van der Waals surface area contributed by atoms with Crippen LogP contribution >= 0.6 is 11.8 Å². The number of rotatable bonds is 3. The van der Waals surface area contributed by atoms with Crippen molar-refractivity contribution in [1.29, 1.82) is 0 Å². The van der Waals surface area contributed by atoms with Gasteiger partial charge in [-0.2, -0.15) is 0 Å². The summed E-state index contributed by atoms with van der Waals surface area (Å²) in [6.45, 7) is 3.42. The number of ketones is 1. The molecule has 0 heterocycles. The van der Waals surface area contributed by atoms with Crippen LogP contribution in [-0.4, -0.2) is 28.7 Å². The van der Waals surface area contributed by atoms with Gasteiger partial charge < -0.3 is 4.74 Å². The molecule has 0 radical (unpaired) electrons. The van der Waals surface area contributed by atoms with Gasteiger partial charge in [0.05, 0.1) is 12.2 Å². The minimum absolute atomic E-state index is 0.0606. The quantitative estimate of drug-likeness (QED) is 0.702. The van der Waals surface area contributed by atoms with Crippen LogP contribution in [0.3, 0.4) is 0 Å². The average molecular weight is 242 g/mol. The molecule has 0 aromatic carbocycles. The molecule has 5 heteroatoms. The molecule has 0 fully saturated rings. The van der Waals surface area contributed by atoms with Gasteiger partial charge in [-0.05, 0) is 19.4 Å². The maximum Gasteiger partial charge on any atom is 0.335 e. The Morgan fingerprint density at radius 1 is 1.56 bits per heavy atom. The Kier molecular flexibility index (Phi) is 4.73. The number of carbonyl (C=O) groups excluding carboxylic acids is 3. The lowest BCUT2D eigenvalue weighted by Crippen LogP contribution is -2.24. The fraction of sp³-hybridized carbons (Fsp3) is 0.545. The maximum absolute atomic E-state index is 11.6. The van der Waals surface area contributed by atoms with Crippen LogP contribution in [0.25, 0.3) is 0 Å². The highest BCUT2D eigenvalue weighted by Gasteiger charge is 2.28. The Balaban J connectivity index is 2.83. The van der Waals surface area contributed by atoms with Gasteiger partial charge in [0.2, 0.25) is 0 Å². The number of carbonyl (C=O) groups is 3. The molecule has 0 saturated carbocycles. The smallest absolute Gasteiger partial charge is 0.335 e. The van der Waals surface area contributed by atoms with Gasteiger partial charge in [-0.25, -0.2) is 4.79 Å². The van der Waals surface area contributed by atoms with Crippen molar-refractivity contribution in [3.63, 3.8) is 0 Å². The zero-order chi connectivity index (χ0) is 12.1. The predicted octanol–water partition coefficient (Wildman–Crippen LogP) is 1.49. The molecular formula is C11H14O4S. The summed E-state index contributed by atoms with van der Waals surface area (Å²) in [6.07, 6.45) is 2.21. The van der Waals surface area contributed by atoms with Gasteiger partial charge in [-0.1, -0.05) is 11.8 Å². The molecule has 0 aliphatic heterocycles. The standard InChI is InChI=1S/C11H14O4S/c1-3-15-11(14)9-6-8(13)4-5-10(9)16-7(2)12/h6,10H,3-5H2,1-2H3. The minimum atomic E-state index is -0.491. The molecule has 0 N–H and O–H groups in total. The summed E-state index contributed by atoms with van der Waals surface area (Å²) in [7, 11) is 0. The van der Waals surface area contributed by atoms with Crippen LogP contribution < -0.4 is 0 Å². The van der Waals surface area contributed by atoms with Gasteiger partial charge in [0.25, 0.3) is 0 Å². The Hall–Kier alpha value is -1.10. The van der Waals surface area contributed by atoms with E-state index in [1.807, 2.05) is 0 Å². The molecule has 1 unspecified atom stereocenters. The highest BCUT2D eigenvalue weighted by atomic mass is 32.2. The van der Waals surface area contributed by atoms with E-state index in [1.165, 1.54) is 13.0 Å². The first-order valence-electron chi connectivity index (χ1n) is 5.13. The molecule has 16 heavy (non-hydrogen) atoms. The van der Waals surface area contributed by atoms with E-state index in [0.717, 1.165) is 11.8 Å². The summed E-state index contributed by atoms with van der Waals surface area (Å²) in [5, 5.41) is -0.302. The van der Waals surface area contributed by atoms with Gasteiger partial charge in [0.1, 0.15) is 0 Å². The maximum atomic E-state index is 11.6. The molecule has 1 rings (SSSR count). The van der Waals surface area contributed by atoms with Gasteiger partial charge in [0, 0.05) is 18.6 Å². The summed E-state index contributed by atoms with van der Waals surface area (Å²) >= 11 is 1.08. The molecule has 0 aromatic heterocycles. The van der Waals surface area contributed by atoms with Crippen molar-refractivity contribution >= 4 is 28.6 Å². The second kappa shape index (κ2) is 5.84. The van der Waals surface area contributed by atoms with Crippen molar-refractivity contribution in [3.05, 3.63) is 11.6 Å². The first-order chi connectivity index (χ1) is 7.54. The largest absolute Gasteiger partial charge is 0.463 e. The zero-order valence-electron chi connectivity index (χ0n) is 9.32. The molecule has 0 amide bonds. The summed E-state index contributed by atoms with van der Waals surface area (Å²) in [5.74, 6) is -0.572. The highest BCUT2D eigenvalue weighted by molar-refractivity contribution is 8.14.